The van der Waals surface area contributed by atoms with Crippen molar-refractivity contribution in [2.45, 2.75) is 18.4 Å². The third-order valence-electron chi connectivity index (χ3n) is 4.28. The van der Waals surface area contributed by atoms with Crippen molar-refractivity contribution in [3.05, 3.63) is 95.6 Å². The first-order chi connectivity index (χ1) is 13.9. The smallest absolute Gasteiger partial charge is 0.261 e. The van der Waals surface area contributed by atoms with Gasteiger partial charge in [0.15, 0.2) is 5.78 Å². The predicted octanol–water partition coefficient (Wildman–Crippen LogP) is 3.62. The number of para-hydroxylation sites is 1. The van der Waals surface area contributed by atoms with Crippen LogP contribution in [-0.2, 0) is 16.6 Å². The highest BCUT2D eigenvalue weighted by atomic mass is 32.2. The summed E-state index contributed by atoms with van der Waals surface area (Å²) in [5, 5.41) is 2.79. The van der Waals surface area contributed by atoms with Crippen molar-refractivity contribution in [2.75, 3.05) is 4.72 Å². The third kappa shape index (κ3) is 5.08. The van der Waals surface area contributed by atoms with E-state index in [1.165, 1.54) is 37.3 Å². The van der Waals surface area contributed by atoms with E-state index in [1.54, 1.807) is 18.2 Å². The van der Waals surface area contributed by atoms with Gasteiger partial charge in [-0.05, 0) is 36.8 Å². The second kappa shape index (κ2) is 8.70. The number of rotatable bonds is 7. The molecule has 0 fully saturated rings. The Morgan fingerprint density at radius 3 is 2.10 bits per heavy atom. The SMILES string of the molecule is CC(=O)c1ccc(S(=O)(=O)Nc2ccccc2C(=O)NCc2ccccc2)cc1. The van der Waals surface area contributed by atoms with Crippen LogP contribution < -0.4 is 10.0 Å². The molecule has 29 heavy (non-hydrogen) atoms. The summed E-state index contributed by atoms with van der Waals surface area (Å²) in [5.41, 5.74) is 1.75. The average molecular weight is 408 g/mol. The molecule has 0 bridgehead atoms. The van der Waals surface area contributed by atoms with E-state index in [0.29, 0.717) is 12.1 Å². The summed E-state index contributed by atoms with van der Waals surface area (Å²) in [4.78, 5) is 24.0. The van der Waals surface area contributed by atoms with Crippen molar-refractivity contribution >= 4 is 27.4 Å². The topological polar surface area (TPSA) is 92.3 Å². The number of carbonyl (C=O) groups excluding carboxylic acids is 2. The molecule has 0 spiro atoms. The van der Waals surface area contributed by atoms with Crippen LogP contribution in [-0.4, -0.2) is 20.1 Å². The van der Waals surface area contributed by atoms with Crippen molar-refractivity contribution in [1.82, 2.24) is 5.32 Å². The van der Waals surface area contributed by atoms with Crippen molar-refractivity contribution in [2.24, 2.45) is 0 Å². The van der Waals surface area contributed by atoms with Crippen molar-refractivity contribution in [3.63, 3.8) is 0 Å². The molecule has 1 amide bonds. The molecule has 3 rings (SSSR count). The highest BCUT2D eigenvalue weighted by molar-refractivity contribution is 7.92. The molecule has 0 unspecified atom stereocenters. The summed E-state index contributed by atoms with van der Waals surface area (Å²) < 4.78 is 27.9. The molecule has 0 aliphatic rings. The van der Waals surface area contributed by atoms with Crippen LogP contribution in [0.3, 0.4) is 0 Å². The van der Waals surface area contributed by atoms with E-state index in [9.17, 15) is 18.0 Å². The molecule has 0 aliphatic carbocycles. The quantitative estimate of drug-likeness (QED) is 0.584. The molecule has 7 heteroatoms. The summed E-state index contributed by atoms with van der Waals surface area (Å²) in [6.45, 7) is 1.74. The minimum atomic E-state index is -3.92. The van der Waals surface area contributed by atoms with E-state index in [4.69, 9.17) is 0 Å². The van der Waals surface area contributed by atoms with E-state index < -0.39 is 10.0 Å². The van der Waals surface area contributed by atoms with E-state index in [1.807, 2.05) is 30.3 Å². The molecule has 148 valence electrons. The zero-order chi connectivity index (χ0) is 20.9. The van der Waals surface area contributed by atoms with Gasteiger partial charge < -0.3 is 5.32 Å². The maximum absolute atomic E-state index is 12.7. The largest absolute Gasteiger partial charge is 0.348 e. The lowest BCUT2D eigenvalue weighted by molar-refractivity contribution is 0.0950. The molecular formula is C22H20N2O4S. The van der Waals surface area contributed by atoms with Crippen LogP contribution in [0.5, 0.6) is 0 Å². The molecule has 0 radical (unpaired) electrons. The van der Waals surface area contributed by atoms with Crippen molar-refractivity contribution in [3.8, 4) is 0 Å². The minimum absolute atomic E-state index is 0.00185. The van der Waals surface area contributed by atoms with Crippen LogP contribution in [0.25, 0.3) is 0 Å². The molecule has 0 atom stereocenters. The summed E-state index contributed by atoms with van der Waals surface area (Å²) in [7, 11) is -3.92. The van der Waals surface area contributed by atoms with E-state index in [2.05, 4.69) is 10.0 Å². The Balaban J connectivity index is 1.79. The van der Waals surface area contributed by atoms with E-state index in [0.717, 1.165) is 5.56 Å². The van der Waals surface area contributed by atoms with Crippen LogP contribution in [0, 0.1) is 0 Å². The molecule has 0 saturated heterocycles. The highest BCUT2D eigenvalue weighted by Crippen LogP contribution is 2.21. The first kappa shape index (κ1) is 20.3. The van der Waals surface area contributed by atoms with Gasteiger partial charge in [-0.25, -0.2) is 8.42 Å². The summed E-state index contributed by atoms with van der Waals surface area (Å²) in [6, 6.07) is 21.4. The predicted molar refractivity (Wildman–Crippen MR) is 111 cm³/mol. The average Bonchev–Trinajstić information content (AvgIpc) is 2.73. The fourth-order valence-corrected chi connectivity index (χ4v) is 3.80. The molecule has 0 aromatic heterocycles. The Morgan fingerprint density at radius 2 is 1.45 bits per heavy atom. The standard InChI is InChI=1S/C22H20N2O4S/c1-16(25)18-11-13-19(14-12-18)29(27,28)24-21-10-6-5-9-20(21)22(26)23-15-17-7-3-2-4-8-17/h2-14,24H,15H2,1H3,(H,23,26). The molecular weight excluding hydrogens is 388 g/mol. The number of benzene rings is 3. The van der Waals surface area contributed by atoms with Gasteiger partial charge in [-0.2, -0.15) is 0 Å². The Bertz CT molecular complexity index is 1120. The van der Waals surface area contributed by atoms with Crippen molar-refractivity contribution in [1.29, 1.82) is 0 Å². The fourth-order valence-electron chi connectivity index (χ4n) is 2.72. The highest BCUT2D eigenvalue weighted by Gasteiger charge is 2.18. The van der Waals surface area contributed by atoms with Crippen LogP contribution >= 0.6 is 0 Å². The Labute approximate surface area is 169 Å². The monoisotopic (exact) mass is 408 g/mol. The van der Waals surface area contributed by atoms with Gasteiger partial charge >= 0.3 is 0 Å². The number of amides is 1. The minimum Gasteiger partial charge on any atom is -0.348 e. The molecule has 0 aliphatic heterocycles. The second-order valence-corrected chi connectivity index (χ2v) is 8.08. The lowest BCUT2D eigenvalue weighted by Gasteiger charge is -2.13. The number of sulfonamides is 1. The third-order valence-corrected chi connectivity index (χ3v) is 5.66. The number of Topliss-reactive ketones (excluding diaryl/α,β-unsaturated/α-hetero) is 1. The molecule has 3 aromatic carbocycles. The summed E-state index contributed by atoms with van der Waals surface area (Å²) in [6.07, 6.45) is 0. The Morgan fingerprint density at radius 1 is 0.828 bits per heavy atom. The van der Waals surface area contributed by atoms with E-state index in [-0.39, 0.29) is 27.8 Å². The second-order valence-electron chi connectivity index (χ2n) is 6.40. The van der Waals surface area contributed by atoms with Crippen LogP contribution in [0.15, 0.2) is 83.8 Å². The van der Waals surface area contributed by atoms with Crippen LogP contribution in [0.4, 0.5) is 5.69 Å². The molecule has 6 nitrogen and oxygen atoms in total. The van der Waals surface area contributed by atoms with Gasteiger partial charge in [-0.1, -0.05) is 54.6 Å². The van der Waals surface area contributed by atoms with Gasteiger partial charge in [0.05, 0.1) is 16.1 Å². The molecule has 0 heterocycles. The molecule has 2 N–H and O–H groups in total. The van der Waals surface area contributed by atoms with Gasteiger partial charge in [0, 0.05) is 12.1 Å². The van der Waals surface area contributed by atoms with Gasteiger partial charge in [-0.15, -0.1) is 0 Å². The van der Waals surface area contributed by atoms with Gasteiger partial charge in [0.25, 0.3) is 15.9 Å². The lowest BCUT2D eigenvalue weighted by Crippen LogP contribution is -2.25. The first-order valence-electron chi connectivity index (χ1n) is 8.92. The number of anilines is 1. The molecule has 3 aromatic rings. The van der Waals surface area contributed by atoms with Gasteiger partial charge in [0.1, 0.15) is 0 Å². The first-order valence-corrected chi connectivity index (χ1v) is 10.4. The van der Waals surface area contributed by atoms with E-state index >= 15 is 0 Å². The number of hydrogen-bond donors (Lipinski definition) is 2. The van der Waals surface area contributed by atoms with Crippen LogP contribution in [0.2, 0.25) is 0 Å². The number of ketones is 1. The maximum Gasteiger partial charge on any atom is 0.261 e. The van der Waals surface area contributed by atoms with Crippen molar-refractivity contribution < 1.29 is 18.0 Å². The number of carbonyl (C=O) groups is 2. The summed E-state index contributed by atoms with van der Waals surface area (Å²) >= 11 is 0. The van der Waals surface area contributed by atoms with Gasteiger partial charge in [0.2, 0.25) is 0 Å². The van der Waals surface area contributed by atoms with Gasteiger partial charge in [-0.3, -0.25) is 14.3 Å². The zero-order valence-electron chi connectivity index (χ0n) is 15.8. The Kier molecular flexibility index (Phi) is 6.09. The number of hydrogen-bond acceptors (Lipinski definition) is 4. The molecule has 0 saturated carbocycles. The fraction of sp³-hybridized carbons (Fsp3) is 0.0909. The summed E-state index contributed by atoms with van der Waals surface area (Å²) in [5.74, 6) is -0.540. The normalized spacial score (nSPS) is 10.9. The zero-order valence-corrected chi connectivity index (χ0v) is 16.6. The Hall–Kier alpha value is -3.45. The number of nitrogens with one attached hydrogen (secondary N) is 2. The lowest BCUT2D eigenvalue weighted by atomic mass is 10.1. The van der Waals surface area contributed by atoms with Crippen LogP contribution in [0.1, 0.15) is 33.2 Å². The maximum atomic E-state index is 12.7.